The second-order valence-electron chi connectivity index (χ2n) is 4.69. The smallest absolute Gasteiger partial charge is 0.0350 e. The fourth-order valence-electron chi connectivity index (χ4n) is 2.02. The highest BCUT2D eigenvalue weighted by Crippen LogP contribution is 2.27. The molecule has 0 aromatic carbocycles. The van der Waals surface area contributed by atoms with Gasteiger partial charge in [0.2, 0.25) is 0 Å². The molecule has 0 unspecified atom stereocenters. The van der Waals surface area contributed by atoms with Crippen LogP contribution in [0.15, 0.2) is 22.9 Å². The van der Waals surface area contributed by atoms with Gasteiger partial charge in [0.1, 0.15) is 0 Å². The molecule has 15 heavy (non-hydrogen) atoms. The van der Waals surface area contributed by atoms with E-state index < -0.39 is 0 Å². The Morgan fingerprint density at radius 2 is 1.60 bits per heavy atom. The van der Waals surface area contributed by atoms with E-state index >= 15 is 0 Å². The largest absolute Gasteiger partial charge is 0.318 e. The average molecular weight is 210 g/mol. The normalized spacial score (nSPS) is 14.7. The molecular formula is C13H26N2. The molecule has 2 N–H and O–H groups in total. The Morgan fingerprint density at radius 1 is 1.13 bits per heavy atom. The Hall–Kier alpha value is -0.760. The van der Waals surface area contributed by atoms with Gasteiger partial charge in [0.15, 0.2) is 0 Å². The lowest BCUT2D eigenvalue weighted by Crippen LogP contribution is -2.30. The molecule has 0 saturated heterocycles. The van der Waals surface area contributed by atoms with Crippen molar-refractivity contribution in [1.82, 2.24) is 5.01 Å². The van der Waals surface area contributed by atoms with Gasteiger partial charge in [-0.15, -0.1) is 0 Å². The number of rotatable bonds is 4. The Bertz CT molecular complexity index is 248. The van der Waals surface area contributed by atoms with Crippen molar-refractivity contribution >= 4 is 0 Å². The predicted octanol–water partition coefficient (Wildman–Crippen LogP) is 3.32. The van der Waals surface area contributed by atoms with Crippen molar-refractivity contribution in [1.29, 1.82) is 0 Å². The molecule has 0 heterocycles. The third-order valence-electron chi connectivity index (χ3n) is 2.64. The van der Waals surface area contributed by atoms with Crippen molar-refractivity contribution < 1.29 is 0 Å². The van der Waals surface area contributed by atoms with Gasteiger partial charge >= 0.3 is 0 Å². The molecule has 0 atom stereocenters. The first-order chi connectivity index (χ1) is 6.82. The number of hydrogen-bond acceptors (Lipinski definition) is 2. The van der Waals surface area contributed by atoms with E-state index in [1.807, 2.05) is 7.05 Å². The minimum Gasteiger partial charge on any atom is -0.318 e. The van der Waals surface area contributed by atoms with E-state index in [4.69, 9.17) is 5.84 Å². The molecule has 2 heteroatoms. The second-order valence-corrected chi connectivity index (χ2v) is 4.69. The Labute approximate surface area is 94.8 Å². The highest BCUT2D eigenvalue weighted by molar-refractivity contribution is 5.35. The molecule has 0 rings (SSSR count). The lowest BCUT2D eigenvalue weighted by molar-refractivity contribution is 0.379. The van der Waals surface area contributed by atoms with E-state index in [-0.39, 0.29) is 0 Å². The van der Waals surface area contributed by atoms with Crippen molar-refractivity contribution in [2.45, 2.75) is 41.5 Å². The Kier molecular flexibility index (Phi) is 5.66. The molecule has 0 aliphatic heterocycles. The maximum atomic E-state index is 5.92. The molecule has 0 radical (unpaired) electrons. The van der Waals surface area contributed by atoms with E-state index in [0.29, 0.717) is 11.8 Å². The molecule has 0 aliphatic carbocycles. The molecular weight excluding hydrogens is 184 g/mol. The van der Waals surface area contributed by atoms with Gasteiger partial charge in [0.25, 0.3) is 0 Å². The zero-order valence-electron chi connectivity index (χ0n) is 11.3. The van der Waals surface area contributed by atoms with Crippen LogP contribution in [-0.4, -0.2) is 12.1 Å². The van der Waals surface area contributed by atoms with Crippen LogP contribution in [0.4, 0.5) is 0 Å². The first-order valence-electron chi connectivity index (χ1n) is 5.68. The monoisotopic (exact) mass is 210 g/mol. The topological polar surface area (TPSA) is 29.3 Å². The van der Waals surface area contributed by atoms with Crippen molar-refractivity contribution in [3.63, 3.8) is 0 Å². The number of hydrazine groups is 1. The van der Waals surface area contributed by atoms with Crippen LogP contribution in [0.25, 0.3) is 0 Å². The average Bonchev–Trinajstić information content (AvgIpc) is 2.10. The molecule has 0 spiro atoms. The zero-order valence-corrected chi connectivity index (χ0v) is 11.3. The number of allylic oxidation sites excluding steroid dienone is 4. The SMILES string of the molecule is C/C=C(C)\C(=C(\C(C)C)N(C)N)C(C)C. The molecule has 0 bridgehead atoms. The van der Waals surface area contributed by atoms with Gasteiger partial charge in [-0.25, -0.2) is 5.84 Å². The number of nitrogens with zero attached hydrogens (tertiary/aromatic N) is 1. The summed E-state index contributed by atoms with van der Waals surface area (Å²) < 4.78 is 0. The van der Waals surface area contributed by atoms with Gasteiger partial charge in [-0.05, 0) is 31.3 Å². The fraction of sp³-hybridized carbons (Fsp3) is 0.692. The summed E-state index contributed by atoms with van der Waals surface area (Å²) in [7, 11) is 1.92. The van der Waals surface area contributed by atoms with E-state index in [2.05, 4.69) is 47.6 Å². The highest BCUT2D eigenvalue weighted by Gasteiger charge is 2.17. The van der Waals surface area contributed by atoms with E-state index in [0.717, 1.165) is 0 Å². The van der Waals surface area contributed by atoms with Gasteiger partial charge in [0, 0.05) is 12.7 Å². The summed E-state index contributed by atoms with van der Waals surface area (Å²) in [5.41, 5.74) is 3.93. The Morgan fingerprint density at radius 3 is 1.80 bits per heavy atom. The summed E-state index contributed by atoms with van der Waals surface area (Å²) >= 11 is 0. The van der Waals surface area contributed by atoms with Crippen LogP contribution in [0.5, 0.6) is 0 Å². The maximum Gasteiger partial charge on any atom is 0.0350 e. The van der Waals surface area contributed by atoms with Gasteiger partial charge < -0.3 is 5.01 Å². The summed E-state index contributed by atoms with van der Waals surface area (Å²) in [6.45, 7) is 13.0. The molecule has 0 aromatic heterocycles. The highest BCUT2D eigenvalue weighted by atomic mass is 15.4. The second kappa shape index (κ2) is 5.96. The van der Waals surface area contributed by atoms with Gasteiger partial charge in [-0.1, -0.05) is 39.3 Å². The standard InChI is InChI=1S/C13H26N2/c1-8-11(6)12(9(2)3)13(10(4)5)15(7)14/h8-10H,14H2,1-7H3/b11-8-,13-12-. The van der Waals surface area contributed by atoms with Crippen LogP contribution in [-0.2, 0) is 0 Å². The van der Waals surface area contributed by atoms with Crippen molar-refractivity contribution in [2.75, 3.05) is 7.05 Å². The van der Waals surface area contributed by atoms with Crippen molar-refractivity contribution in [2.24, 2.45) is 17.7 Å². The third kappa shape index (κ3) is 3.71. The van der Waals surface area contributed by atoms with Crippen LogP contribution in [0.2, 0.25) is 0 Å². The first-order valence-corrected chi connectivity index (χ1v) is 5.68. The lowest BCUT2D eigenvalue weighted by atomic mass is 9.90. The Balaban J connectivity index is 5.57. The minimum absolute atomic E-state index is 0.451. The zero-order chi connectivity index (χ0) is 12.2. The predicted molar refractivity (Wildman–Crippen MR) is 68.1 cm³/mol. The summed E-state index contributed by atoms with van der Waals surface area (Å²) in [5, 5.41) is 1.76. The summed E-state index contributed by atoms with van der Waals surface area (Å²) in [5.74, 6) is 6.87. The quantitative estimate of drug-likeness (QED) is 0.438. The van der Waals surface area contributed by atoms with Crippen molar-refractivity contribution in [3.8, 4) is 0 Å². The van der Waals surface area contributed by atoms with E-state index in [9.17, 15) is 0 Å². The summed E-state index contributed by atoms with van der Waals surface area (Å²) in [6, 6.07) is 0. The molecule has 0 aliphatic rings. The lowest BCUT2D eigenvalue weighted by Gasteiger charge is -2.27. The van der Waals surface area contributed by atoms with Gasteiger partial charge in [-0.2, -0.15) is 0 Å². The molecule has 0 aromatic rings. The van der Waals surface area contributed by atoms with Crippen LogP contribution >= 0.6 is 0 Å². The minimum atomic E-state index is 0.451. The number of hydrogen-bond donors (Lipinski definition) is 1. The van der Waals surface area contributed by atoms with Crippen LogP contribution in [0, 0.1) is 11.8 Å². The molecule has 0 fully saturated rings. The fourth-order valence-corrected chi connectivity index (χ4v) is 2.02. The van der Waals surface area contributed by atoms with E-state index in [1.165, 1.54) is 16.8 Å². The molecule has 88 valence electrons. The third-order valence-corrected chi connectivity index (χ3v) is 2.64. The van der Waals surface area contributed by atoms with Gasteiger partial charge in [0.05, 0.1) is 0 Å². The van der Waals surface area contributed by atoms with Crippen LogP contribution in [0.3, 0.4) is 0 Å². The van der Waals surface area contributed by atoms with Crippen molar-refractivity contribution in [3.05, 3.63) is 22.9 Å². The van der Waals surface area contributed by atoms with Crippen LogP contribution < -0.4 is 5.84 Å². The van der Waals surface area contributed by atoms with E-state index in [1.54, 1.807) is 5.01 Å². The molecule has 2 nitrogen and oxygen atoms in total. The number of nitrogens with two attached hydrogens (primary N) is 1. The summed E-state index contributed by atoms with van der Waals surface area (Å²) in [4.78, 5) is 0. The summed E-state index contributed by atoms with van der Waals surface area (Å²) in [6.07, 6.45) is 2.15. The molecule has 0 amide bonds. The molecule has 0 saturated carbocycles. The van der Waals surface area contributed by atoms with Crippen LogP contribution in [0.1, 0.15) is 41.5 Å². The van der Waals surface area contributed by atoms with Gasteiger partial charge in [-0.3, -0.25) is 0 Å². The maximum absolute atomic E-state index is 5.92. The first kappa shape index (κ1) is 14.2.